The summed E-state index contributed by atoms with van der Waals surface area (Å²) in [4.78, 5) is 3.96. The van der Waals surface area contributed by atoms with Crippen LogP contribution in [0, 0.1) is 0 Å². The van der Waals surface area contributed by atoms with Crippen LogP contribution in [0.4, 0.5) is 0 Å². The van der Waals surface area contributed by atoms with Gasteiger partial charge in [-0.15, -0.1) is 11.3 Å². The summed E-state index contributed by atoms with van der Waals surface area (Å²) in [5.74, 6) is 0. The molecule has 0 aromatic carbocycles. The molecule has 17 heavy (non-hydrogen) atoms. The second-order valence-electron chi connectivity index (χ2n) is 4.35. The summed E-state index contributed by atoms with van der Waals surface area (Å²) in [6.07, 6.45) is 1.14. The molecule has 2 rings (SSSR count). The van der Waals surface area contributed by atoms with Crippen LogP contribution in [0.1, 0.15) is 17.4 Å². The van der Waals surface area contributed by atoms with Gasteiger partial charge in [0.25, 0.3) is 0 Å². The molecule has 1 fully saturated rings. The first-order chi connectivity index (χ1) is 8.40. The molecule has 4 heteroatoms. The normalized spacial score (nSPS) is 17.5. The van der Waals surface area contributed by atoms with Crippen molar-refractivity contribution in [3.8, 4) is 0 Å². The van der Waals surface area contributed by atoms with E-state index >= 15 is 0 Å². The van der Waals surface area contributed by atoms with Gasteiger partial charge in [0.2, 0.25) is 0 Å². The van der Waals surface area contributed by atoms with Crippen LogP contribution in [0.5, 0.6) is 0 Å². The highest BCUT2D eigenvalue weighted by Crippen LogP contribution is 2.16. The van der Waals surface area contributed by atoms with E-state index in [9.17, 15) is 0 Å². The number of hydrogen-bond donors (Lipinski definition) is 1. The van der Waals surface area contributed by atoms with E-state index in [-0.39, 0.29) is 0 Å². The van der Waals surface area contributed by atoms with Gasteiger partial charge in [-0.2, -0.15) is 0 Å². The van der Waals surface area contributed by atoms with Gasteiger partial charge in [-0.1, -0.05) is 6.92 Å². The van der Waals surface area contributed by atoms with Crippen molar-refractivity contribution in [2.75, 3.05) is 39.4 Å². The lowest BCUT2D eigenvalue weighted by Gasteiger charge is -2.26. The maximum absolute atomic E-state index is 5.33. The molecule has 0 aliphatic carbocycles. The summed E-state index contributed by atoms with van der Waals surface area (Å²) >= 11 is 1.86. The van der Waals surface area contributed by atoms with Crippen molar-refractivity contribution < 1.29 is 4.74 Å². The van der Waals surface area contributed by atoms with Crippen LogP contribution in [0.25, 0.3) is 0 Å². The monoisotopic (exact) mass is 254 g/mol. The molecule has 0 amide bonds. The van der Waals surface area contributed by atoms with Gasteiger partial charge in [-0.05, 0) is 23.4 Å². The van der Waals surface area contributed by atoms with E-state index in [1.54, 1.807) is 0 Å². The van der Waals surface area contributed by atoms with Crippen molar-refractivity contribution in [1.29, 1.82) is 0 Å². The Labute approximate surface area is 108 Å². The van der Waals surface area contributed by atoms with Crippen LogP contribution in [-0.2, 0) is 17.7 Å². The minimum atomic E-state index is 0.894. The van der Waals surface area contributed by atoms with E-state index < -0.39 is 0 Å². The fraction of sp³-hybridized carbons (Fsp3) is 0.692. The Bertz CT molecular complexity index is 321. The van der Waals surface area contributed by atoms with Crippen molar-refractivity contribution in [1.82, 2.24) is 10.2 Å². The minimum absolute atomic E-state index is 0.894. The molecule has 3 nitrogen and oxygen atoms in total. The summed E-state index contributed by atoms with van der Waals surface area (Å²) < 4.78 is 5.33. The third-order valence-corrected chi connectivity index (χ3v) is 4.18. The van der Waals surface area contributed by atoms with Crippen LogP contribution in [0.3, 0.4) is 0 Å². The van der Waals surface area contributed by atoms with Gasteiger partial charge in [0, 0.05) is 37.6 Å². The maximum Gasteiger partial charge on any atom is 0.0594 e. The number of hydrogen-bond acceptors (Lipinski definition) is 4. The highest BCUT2D eigenvalue weighted by molar-refractivity contribution is 7.10. The molecule has 0 spiro atoms. The summed E-state index contributed by atoms with van der Waals surface area (Å²) in [7, 11) is 0. The molecule has 0 radical (unpaired) electrons. The first-order valence-electron chi connectivity index (χ1n) is 6.46. The molecule has 0 saturated carbocycles. The zero-order chi connectivity index (χ0) is 11.9. The van der Waals surface area contributed by atoms with Crippen LogP contribution >= 0.6 is 11.3 Å². The topological polar surface area (TPSA) is 24.5 Å². The Hall–Kier alpha value is -0.420. The lowest BCUT2D eigenvalue weighted by Crippen LogP contribution is -2.40. The fourth-order valence-corrected chi connectivity index (χ4v) is 3.05. The van der Waals surface area contributed by atoms with Gasteiger partial charge in [-0.25, -0.2) is 0 Å². The molecular weight excluding hydrogens is 232 g/mol. The standard InChI is InChI=1S/C13H22N2OS/c1-2-12-3-10-17-13(12)11-14-4-5-15-6-8-16-9-7-15/h3,10,14H,2,4-9,11H2,1H3. The lowest BCUT2D eigenvalue weighted by molar-refractivity contribution is 0.0384. The van der Waals surface area contributed by atoms with E-state index in [0.29, 0.717) is 0 Å². The number of thiophene rings is 1. The fourth-order valence-electron chi connectivity index (χ4n) is 2.10. The molecule has 1 saturated heterocycles. The molecule has 1 aromatic rings. The molecular formula is C13H22N2OS. The number of morpholine rings is 1. The van der Waals surface area contributed by atoms with Gasteiger partial charge < -0.3 is 10.1 Å². The second-order valence-corrected chi connectivity index (χ2v) is 5.35. The molecule has 96 valence electrons. The lowest BCUT2D eigenvalue weighted by atomic mass is 10.2. The summed E-state index contributed by atoms with van der Waals surface area (Å²) in [5, 5.41) is 5.73. The Balaban J connectivity index is 1.62. The third-order valence-electron chi connectivity index (χ3n) is 3.21. The predicted molar refractivity (Wildman–Crippen MR) is 72.7 cm³/mol. The van der Waals surface area contributed by atoms with Crippen molar-refractivity contribution in [2.45, 2.75) is 19.9 Å². The summed E-state index contributed by atoms with van der Waals surface area (Å²) in [6, 6.07) is 2.24. The predicted octanol–water partition coefficient (Wildman–Crippen LogP) is 1.73. The van der Waals surface area contributed by atoms with Crippen molar-refractivity contribution >= 4 is 11.3 Å². The van der Waals surface area contributed by atoms with Crippen LogP contribution in [0.15, 0.2) is 11.4 Å². The van der Waals surface area contributed by atoms with Crippen LogP contribution in [0.2, 0.25) is 0 Å². The van der Waals surface area contributed by atoms with Crippen molar-refractivity contribution in [3.63, 3.8) is 0 Å². The second kappa shape index (κ2) is 7.11. The van der Waals surface area contributed by atoms with E-state index in [1.165, 1.54) is 10.4 Å². The van der Waals surface area contributed by atoms with Gasteiger partial charge in [0.1, 0.15) is 0 Å². The largest absolute Gasteiger partial charge is 0.379 e. The zero-order valence-electron chi connectivity index (χ0n) is 10.6. The molecule has 0 atom stereocenters. The zero-order valence-corrected chi connectivity index (χ0v) is 11.4. The van der Waals surface area contributed by atoms with Crippen LogP contribution in [-0.4, -0.2) is 44.3 Å². The number of aryl methyl sites for hydroxylation is 1. The van der Waals surface area contributed by atoms with E-state index in [2.05, 4.69) is 28.6 Å². The molecule has 0 unspecified atom stereocenters. The molecule has 1 N–H and O–H groups in total. The first kappa shape index (κ1) is 13.0. The SMILES string of the molecule is CCc1ccsc1CNCCN1CCOCC1. The van der Waals surface area contributed by atoms with Gasteiger partial charge in [-0.3, -0.25) is 4.90 Å². The van der Waals surface area contributed by atoms with Crippen LogP contribution < -0.4 is 5.32 Å². The summed E-state index contributed by atoms with van der Waals surface area (Å²) in [6.45, 7) is 9.40. The van der Waals surface area contributed by atoms with Gasteiger partial charge >= 0.3 is 0 Å². The third kappa shape index (κ3) is 4.07. The molecule has 1 aliphatic rings. The minimum Gasteiger partial charge on any atom is -0.379 e. The molecule has 1 aromatic heterocycles. The highest BCUT2D eigenvalue weighted by Gasteiger charge is 2.09. The number of rotatable bonds is 6. The number of ether oxygens (including phenoxy) is 1. The number of nitrogens with zero attached hydrogens (tertiary/aromatic N) is 1. The van der Waals surface area contributed by atoms with E-state index in [0.717, 1.165) is 52.4 Å². The Kier molecular flexibility index (Phi) is 5.45. The molecule has 2 heterocycles. The Morgan fingerprint density at radius 1 is 1.41 bits per heavy atom. The number of nitrogens with one attached hydrogen (secondary N) is 1. The highest BCUT2D eigenvalue weighted by atomic mass is 32.1. The van der Waals surface area contributed by atoms with E-state index in [1.807, 2.05) is 11.3 Å². The van der Waals surface area contributed by atoms with E-state index in [4.69, 9.17) is 4.74 Å². The maximum atomic E-state index is 5.33. The van der Waals surface area contributed by atoms with Gasteiger partial charge in [0.15, 0.2) is 0 Å². The summed E-state index contributed by atoms with van der Waals surface area (Å²) in [5.41, 5.74) is 1.49. The van der Waals surface area contributed by atoms with Gasteiger partial charge in [0.05, 0.1) is 13.2 Å². The first-order valence-corrected chi connectivity index (χ1v) is 7.34. The van der Waals surface area contributed by atoms with Crippen molar-refractivity contribution in [2.24, 2.45) is 0 Å². The average molecular weight is 254 g/mol. The molecule has 0 bridgehead atoms. The Morgan fingerprint density at radius 3 is 3.00 bits per heavy atom. The average Bonchev–Trinajstić information content (AvgIpc) is 2.83. The Morgan fingerprint density at radius 2 is 2.24 bits per heavy atom. The quantitative estimate of drug-likeness (QED) is 0.783. The smallest absolute Gasteiger partial charge is 0.0594 e. The molecule has 1 aliphatic heterocycles. The van der Waals surface area contributed by atoms with Crippen molar-refractivity contribution in [3.05, 3.63) is 21.9 Å².